The molecule has 4 unspecified atom stereocenters. The van der Waals surface area contributed by atoms with Crippen LogP contribution in [0, 0.1) is 46.3 Å². The van der Waals surface area contributed by atoms with Crippen molar-refractivity contribution in [1.29, 1.82) is 10.5 Å². The predicted molar refractivity (Wildman–Crippen MR) is 225 cm³/mol. The fourth-order valence-corrected chi connectivity index (χ4v) is 15.3. The molecule has 16 rings (SSSR count). The molecule has 8 aliphatic rings. The third-order valence-corrected chi connectivity index (χ3v) is 16.7. The molecule has 0 spiro atoms. The second kappa shape index (κ2) is 10.1. The molecule has 8 bridgehead atoms. The van der Waals surface area contributed by atoms with Gasteiger partial charge in [-0.2, -0.15) is 10.5 Å². The molecule has 3 aromatic heterocycles. The van der Waals surface area contributed by atoms with Crippen LogP contribution in [0.3, 0.4) is 0 Å². The van der Waals surface area contributed by atoms with Crippen LogP contribution in [-0.4, -0.2) is 4.40 Å². The van der Waals surface area contributed by atoms with E-state index in [0.717, 1.165) is 57.0 Å². The molecule has 0 radical (unpaired) electrons. The molecule has 0 amide bonds. The van der Waals surface area contributed by atoms with Gasteiger partial charge in [-0.3, -0.25) is 0 Å². The summed E-state index contributed by atoms with van der Waals surface area (Å²) in [5.74, 6) is 4.87. The summed E-state index contributed by atoms with van der Waals surface area (Å²) in [6, 6.07) is 24.0. The van der Waals surface area contributed by atoms with Crippen LogP contribution in [0.5, 0.6) is 0 Å². The Hall–Kier alpha value is -5.06. The maximum Gasteiger partial charge on any atom is 0.145 e. The van der Waals surface area contributed by atoms with Gasteiger partial charge >= 0.3 is 0 Å². The number of fused-ring (bicyclic) bond motifs is 9. The van der Waals surface area contributed by atoms with Gasteiger partial charge < -0.3 is 8.82 Å². The fraction of sp³-hybridized carbons (Fsp3) is 0.423. The minimum absolute atomic E-state index is 0.00901. The van der Waals surface area contributed by atoms with E-state index in [0.29, 0.717) is 23.7 Å². The largest absolute Gasteiger partial charge is 0.455 e. The van der Waals surface area contributed by atoms with Crippen LogP contribution in [0.15, 0.2) is 52.9 Å². The van der Waals surface area contributed by atoms with E-state index in [9.17, 15) is 10.5 Å². The lowest BCUT2D eigenvalue weighted by molar-refractivity contribution is 0.166. The van der Waals surface area contributed by atoms with Gasteiger partial charge in [0.1, 0.15) is 11.2 Å². The summed E-state index contributed by atoms with van der Waals surface area (Å²) >= 11 is 0. The third kappa shape index (κ3) is 3.63. The zero-order valence-electron chi connectivity index (χ0n) is 32.6. The highest BCUT2D eigenvalue weighted by molar-refractivity contribution is 6.35. The minimum Gasteiger partial charge on any atom is -0.455 e. The Morgan fingerprint density at radius 3 is 1.68 bits per heavy atom. The molecule has 3 heterocycles. The van der Waals surface area contributed by atoms with Gasteiger partial charge in [0.25, 0.3) is 0 Å². The monoisotopic (exact) mass is 727 g/mol. The lowest BCUT2D eigenvalue weighted by atomic mass is 9.67. The third-order valence-electron chi connectivity index (χ3n) is 16.7. The van der Waals surface area contributed by atoms with E-state index in [-0.39, 0.29) is 5.41 Å². The number of rotatable bonds is 0. The fourth-order valence-electron chi connectivity index (χ4n) is 15.3. The predicted octanol–water partition coefficient (Wildman–Crippen LogP) is 13.7. The van der Waals surface area contributed by atoms with Gasteiger partial charge in [-0.05, 0) is 180 Å². The quantitative estimate of drug-likeness (QED) is 0.115. The Morgan fingerprint density at radius 1 is 0.554 bits per heavy atom. The maximum atomic E-state index is 11.0. The molecule has 0 N–H and O–H groups in total. The van der Waals surface area contributed by atoms with Gasteiger partial charge in [0.15, 0.2) is 0 Å². The van der Waals surface area contributed by atoms with E-state index in [4.69, 9.17) is 4.42 Å². The van der Waals surface area contributed by atoms with Crippen molar-refractivity contribution in [2.75, 3.05) is 0 Å². The van der Waals surface area contributed by atoms with Crippen LogP contribution < -0.4 is 0 Å². The van der Waals surface area contributed by atoms with Gasteiger partial charge in [0, 0.05) is 26.9 Å². The SMILES string of the molecule is CC(C)(C)c1ccc2c3cc4c5c6c(c(C#N)cc5n5c7cc(C#N)c8c(c7c(c3oc3cccc1c32)c45)C1CC2CC(CC8C2)C1)C1CC2CC(C1)CC6C2. The van der Waals surface area contributed by atoms with Gasteiger partial charge in [0.2, 0.25) is 0 Å². The number of nitrogens with zero attached hydrogens (tertiary/aromatic N) is 3. The molecule has 0 aliphatic heterocycles. The average Bonchev–Trinajstić information content (AvgIpc) is 3.54. The van der Waals surface area contributed by atoms with Crippen molar-refractivity contribution in [2.45, 2.75) is 114 Å². The van der Waals surface area contributed by atoms with Crippen molar-refractivity contribution in [3.63, 3.8) is 0 Å². The summed E-state index contributed by atoms with van der Waals surface area (Å²) in [7, 11) is 0. The summed E-state index contributed by atoms with van der Waals surface area (Å²) in [4.78, 5) is 0. The first-order valence-electron chi connectivity index (χ1n) is 21.7. The van der Waals surface area contributed by atoms with Crippen LogP contribution >= 0.6 is 0 Å². The standard InChI is InChI=1S/C52H45N3O/c1-52(2,3)38-8-7-34-36-21-37-47-39(19-32(22-53)42-28-11-24-9-25(12-28)16-30(15-24)44(42)47)55-40-20-33(23-54)43-29-13-26-10-27(14-29)18-31(17-26)45(43)48(40)49(50(37)55)51(36)56-41-6-4-5-35(38)46(34)41/h4-8,19-21,24-31H,9-18H2,1-3H3. The Balaban J connectivity index is 1.25. The highest BCUT2D eigenvalue weighted by Crippen LogP contribution is 2.62. The van der Waals surface area contributed by atoms with E-state index in [2.05, 4.69) is 85.8 Å². The van der Waals surface area contributed by atoms with Crippen LogP contribution in [0.4, 0.5) is 0 Å². The van der Waals surface area contributed by atoms with E-state index >= 15 is 0 Å². The van der Waals surface area contributed by atoms with Crippen molar-refractivity contribution >= 4 is 70.8 Å². The number of hydrogen-bond acceptors (Lipinski definition) is 3. The van der Waals surface area contributed by atoms with Crippen LogP contribution in [-0.2, 0) is 5.41 Å². The van der Waals surface area contributed by atoms with Crippen molar-refractivity contribution in [2.24, 2.45) is 23.7 Å². The molecule has 8 aliphatic carbocycles. The van der Waals surface area contributed by atoms with Crippen molar-refractivity contribution in [1.82, 2.24) is 4.40 Å². The molecular formula is C52H45N3O. The zero-order chi connectivity index (χ0) is 37.1. The second-order valence-corrected chi connectivity index (χ2v) is 20.7. The van der Waals surface area contributed by atoms with Crippen molar-refractivity contribution < 1.29 is 4.42 Å². The number of nitriles is 2. The molecule has 4 atom stereocenters. The Bertz CT molecular complexity index is 3200. The summed E-state index contributed by atoms with van der Waals surface area (Å²) in [5, 5.41) is 32.2. The highest BCUT2D eigenvalue weighted by Gasteiger charge is 2.47. The normalized spacial score (nSPS) is 28.9. The smallest absolute Gasteiger partial charge is 0.145 e. The number of aromatic nitrogens is 1. The first-order valence-corrected chi connectivity index (χ1v) is 21.7. The highest BCUT2D eigenvalue weighted by atomic mass is 16.3. The molecule has 4 heteroatoms. The lowest BCUT2D eigenvalue weighted by Crippen LogP contribution is -2.25. The molecule has 5 aromatic carbocycles. The molecular weight excluding hydrogens is 683 g/mol. The first-order chi connectivity index (χ1) is 27.2. The second-order valence-electron chi connectivity index (χ2n) is 20.7. The zero-order valence-corrected chi connectivity index (χ0v) is 32.6. The Labute approximate surface area is 326 Å². The van der Waals surface area contributed by atoms with Crippen molar-refractivity contribution in [3.05, 3.63) is 87.5 Å². The summed E-state index contributed by atoms with van der Waals surface area (Å²) in [6.45, 7) is 6.94. The molecule has 56 heavy (non-hydrogen) atoms. The number of hydrogen-bond donors (Lipinski definition) is 0. The van der Waals surface area contributed by atoms with Crippen LogP contribution in [0.1, 0.15) is 148 Å². The molecule has 0 saturated heterocycles. The maximum absolute atomic E-state index is 11.0. The van der Waals surface area contributed by atoms with Gasteiger partial charge in [-0.25, -0.2) is 0 Å². The Morgan fingerprint density at radius 2 is 1.11 bits per heavy atom. The molecule has 274 valence electrons. The summed E-state index contributed by atoms with van der Waals surface area (Å²) in [6.07, 6.45) is 12.6. The molecule has 4 saturated carbocycles. The van der Waals surface area contributed by atoms with E-state index in [1.165, 1.54) is 141 Å². The summed E-state index contributed by atoms with van der Waals surface area (Å²) in [5.41, 5.74) is 14.2. The summed E-state index contributed by atoms with van der Waals surface area (Å²) < 4.78 is 9.91. The Kier molecular flexibility index (Phi) is 5.59. The van der Waals surface area contributed by atoms with Gasteiger partial charge in [0.05, 0.1) is 45.2 Å². The van der Waals surface area contributed by atoms with E-state index in [1.54, 1.807) is 0 Å². The van der Waals surface area contributed by atoms with Gasteiger partial charge in [-0.15, -0.1) is 0 Å². The molecule has 8 aromatic rings. The van der Waals surface area contributed by atoms with Crippen LogP contribution in [0.25, 0.3) is 70.8 Å². The number of benzene rings is 5. The lowest BCUT2D eigenvalue weighted by Gasteiger charge is -2.38. The van der Waals surface area contributed by atoms with E-state index < -0.39 is 0 Å². The molecule has 4 fully saturated rings. The van der Waals surface area contributed by atoms with Crippen LogP contribution in [0.2, 0.25) is 0 Å². The molecule has 4 nitrogen and oxygen atoms in total. The van der Waals surface area contributed by atoms with Gasteiger partial charge in [-0.1, -0.05) is 45.0 Å². The topological polar surface area (TPSA) is 65.1 Å². The average molecular weight is 728 g/mol. The van der Waals surface area contributed by atoms with E-state index in [1.807, 2.05) is 0 Å². The first kappa shape index (κ1) is 31.1. The minimum atomic E-state index is -0.00901. The van der Waals surface area contributed by atoms with Crippen molar-refractivity contribution in [3.8, 4) is 12.1 Å².